The van der Waals surface area contributed by atoms with Gasteiger partial charge in [-0.1, -0.05) is 0 Å². The minimum absolute atomic E-state index is 0.492. The molecule has 0 aliphatic rings. The molecule has 0 radical (unpaired) electrons. The molecule has 0 aromatic carbocycles. The maximum atomic E-state index is 6.75. The molecule has 0 atom stereocenters. The van der Waals surface area contributed by atoms with E-state index in [-0.39, 0.29) is 0 Å². The van der Waals surface area contributed by atoms with Crippen LogP contribution in [-0.2, 0) is 0 Å². The molecule has 0 heterocycles. The zero-order valence-corrected chi connectivity index (χ0v) is 12.4. The third-order valence-corrected chi connectivity index (χ3v) is 2.80. The van der Waals surface area contributed by atoms with Crippen molar-refractivity contribution in [2.75, 3.05) is 74.1 Å². The Kier molecular flexibility index (Phi) is 11.0. The normalized spacial score (nSPS) is 11.4. The summed E-state index contributed by atoms with van der Waals surface area (Å²) in [5.74, 6) is 0. The number of nitrogens with zero attached hydrogens (tertiary/aromatic N) is 4. The molecule has 0 aromatic rings. The van der Waals surface area contributed by atoms with Crippen LogP contribution >= 0.6 is 0 Å². The van der Waals surface area contributed by atoms with Gasteiger partial charge >= 0.3 is 0 Å². The molecule has 0 saturated heterocycles. The number of rotatable bonds is 11. The highest BCUT2D eigenvalue weighted by Gasteiger charge is 2.00. The van der Waals surface area contributed by atoms with Crippen molar-refractivity contribution in [1.82, 2.24) is 20.0 Å². The highest BCUT2D eigenvalue weighted by molar-refractivity contribution is 4.62. The molecule has 0 saturated carbocycles. The molecule has 0 rings (SSSR count). The van der Waals surface area contributed by atoms with Gasteiger partial charge in [0.25, 0.3) is 6.67 Å². The highest BCUT2D eigenvalue weighted by atomic mass is 15.2. The zero-order chi connectivity index (χ0) is 13.8. The number of nitrogens with one attached hydrogen (secondary N) is 1. The van der Waals surface area contributed by atoms with Crippen molar-refractivity contribution in [3.05, 3.63) is 11.4 Å². The van der Waals surface area contributed by atoms with Gasteiger partial charge in [0.1, 0.15) is 0 Å². The summed E-state index contributed by atoms with van der Waals surface area (Å²) in [7, 11) is 8.37. The van der Waals surface area contributed by atoms with Crippen LogP contribution in [0.5, 0.6) is 0 Å². The van der Waals surface area contributed by atoms with E-state index in [0.29, 0.717) is 6.67 Å². The molecule has 0 aliphatic heterocycles. The van der Waals surface area contributed by atoms with Gasteiger partial charge in [0.15, 0.2) is 0 Å². The van der Waals surface area contributed by atoms with Crippen LogP contribution in [0, 0.1) is 6.57 Å². The van der Waals surface area contributed by atoms with E-state index < -0.39 is 0 Å². The lowest BCUT2D eigenvalue weighted by Crippen LogP contribution is -2.35. The quantitative estimate of drug-likeness (QED) is 0.423. The van der Waals surface area contributed by atoms with Gasteiger partial charge in [-0.15, -0.1) is 0 Å². The number of hydrogen-bond donors (Lipinski definition) is 1. The first-order valence-corrected chi connectivity index (χ1v) is 6.62. The standard InChI is InChI=1S/C13H29N5/c1-14-13-18(5)12-8-15-7-11-17(4)10-6-9-16(2)3/h15H,6-13H2,2-5H3. The second-order valence-electron chi connectivity index (χ2n) is 5.09. The second-order valence-corrected chi connectivity index (χ2v) is 5.09. The van der Waals surface area contributed by atoms with Gasteiger partial charge in [0, 0.05) is 26.2 Å². The Bertz CT molecular complexity index is 224. The SMILES string of the molecule is [C-]#[N+]CN(C)CCNCCN(C)CCCN(C)C. The molecular weight excluding hydrogens is 226 g/mol. The van der Waals surface area contributed by atoms with Gasteiger partial charge in [-0.2, -0.15) is 0 Å². The van der Waals surface area contributed by atoms with Crippen molar-refractivity contribution in [3.8, 4) is 0 Å². The van der Waals surface area contributed by atoms with E-state index in [0.717, 1.165) is 39.3 Å². The molecule has 1 N–H and O–H groups in total. The van der Waals surface area contributed by atoms with Gasteiger partial charge in [-0.05, 0) is 47.7 Å². The fourth-order valence-corrected chi connectivity index (χ4v) is 1.62. The second kappa shape index (κ2) is 11.4. The number of likely N-dealkylation sites (N-methyl/N-ethyl adjacent to an activating group) is 2. The largest absolute Gasteiger partial charge is 0.314 e. The average molecular weight is 255 g/mol. The van der Waals surface area contributed by atoms with E-state index in [2.05, 4.69) is 41.1 Å². The summed E-state index contributed by atoms with van der Waals surface area (Å²) in [6, 6.07) is 0. The Labute approximate surface area is 113 Å². The predicted molar refractivity (Wildman–Crippen MR) is 77.6 cm³/mol. The summed E-state index contributed by atoms with van der Waals surface area (Å²) in [6.45, 7) is 13.5. The number of hydrogen-bond acceptors (Lipinski definition) is 4. The first-order chi connectivity index (χ1) is 8.56. The van der Waals surface area contributed by atoms with Gasteiger partial charge in [0.05, 0.1) is 0 Å². The lowest BCUT2D eigenvalue weighted by atomic mass is 10.3. The zero-order valence-electron chi connectivity index (χ0n) is 12.4. The van der Waals surface area contributed by atoms with Crippen LogP contribution < -0.4 is 5.32 Å². The van der Waals surface area contributed by atoms with Crippen LogP contribution in [0.25, 0.3) is 4.85 Å². The molecule has 0 spiro atoms. The Balaban J connectivity index is 3.30. The van der Waals surface area contributed by atoms with E-state index in [1.165, 1.54) is 6.42 Å². The molecule has 18 heavy (non-hydrogen) atoms. The molecule has 0 aromatic heterocycles. The van der Waals surface area contributed by atoms with E-state index >= 15 is 0 Å². The van der Waals surface area contributed by atoms with Gasteiger partial charge in [-0.3, -0.25) is 4.85 Å². The maximum Gasteiger partial charge on any atom is 0.270 e. The Morgan fingerprint density at radius 1 is 0.889 bits per heavy atom. The van der Waals surface area contributed by atoms with Crippen molar-refractivity contribution in [2.24, 2.45) is 0 Å². The molecule has 5 nitrogen and oxygen atoms in total. The summed E-state index contributed by atoms with van der Waals surface area (Å²) < 4.78 is 0. The van der Waals surface area contributed by atoms with E-state index in [1.807, 2.05) is 11.9 Å². The average Bonchev–Trinajstić information content (AvgIpc) is 2.28. The van der Waals surface area contributed by atoms with Crippen molar-refractivity contribution in [2.45, 2.75) is 6.42 Å². The summed E-state index contributed by atoms with van der Waals surface area (Å²) in [4.78, 5) is 9.96. The van der Waals surface area contributed by atoms with Crippen LogP contribution in [0.1, 0.15) is 6.42 Å². The molecular formula is C13H29N5. The first kappa shape index (κ1) is 17.3. The molecule has 106 valence electrons. The smallest absolute Gasteiger partial charge is 0.270 e. The van der Waals surface area contributed by atoms with Crippen molar-refractivity contribution in [1.29, 1.82) is 0 Å². The van der Waals surface area contributed by atoms with Crippen molar-refractivity contribution >= 4 is 0 Å². The molecule has 0 unspecified atom stereocenters. The van der Waals surface area contributed by atoms with Crippen LogP contribution in [0.4, 0.5) is 0 Å². The Hall–Kier alpha value is -0.670. The molecule has 0 aliphatic carbocycles. The van der Waals surface area contributed by atoms with Gasteiger partial charge in [-0.25, -0.2) is 11.5 Å². The molecule has 5 heteroatoms. The van der Waals surface area contributed by atoms with Gasteiger partial charge < -0.3 is 15.1 Å². The lowest BCUT2D eigenvalue weighted by Gasteiger charge is -2.18. The van der Waals surface area contributed by atoms with E-state index in [4.69, 9.17) is 6.57 Å². The summed E-state index contributed by atoms with van der Waals surface area (Å²) in [5.41, 5.74) is 0. The third kappa shape index (κ3) is 11.8. The van der Waals surface area contributed by atoms with Gasteiger partial charge in [0.2, 0.25) is 0 Å². The Morgan fingerprint density at radius 3 is 2.06 bits per heavy atom. The van der Waals surface area contributed by atoms with Crippen LogP contribution in [0.3, 0.4) is 0 Å². The predicted octanol–water partition coefficient (Wildman–Crippen LogP) is 0.268. The molecule has 0 bridgehead atoms. The van der Waals surface area contributed by atoms with E-state index in [9.17, 15) is 0 Å². The summed E-state index contributed by atoms with van der Waals surface area (Å²) in [5, 5.41) is 3.41. The third-order valence-electron chi connectivity index (χ3n) is 2.80. The van der Waals surface area contributed by atoms with Crippen molar-refractivity contribution in [3.63, 3.8) is 0 Å². The van der Waals surface area contributed by atoms with Crippen molar-refractivity contribution < 1.29 is 0 Å². The summed E-state index contributed by atoms with van der Waals surface area (Å²) >= 11 is 0. The summed E-state index contributed by atoms with van der Waals surface area (Å²) in [6.07, 6.45) is 1.22. The molecule has 0 fully saturated rings. The molecule has 0 amide bonds. The minimum Gasteiger partial charge on any atom is -0.314 e. The maximum absolute atomic E-state index is 6.75. The van der Waals surface area contributed by atoms with Crippen LogP contribution in [0.2, 0.25) is 0 Å². The highest BCUT2D eigenvalue weighted by Crippen LogP contribution is 1.88. The minimum atomic E-state index is 0.492. The van der Waals surface area contributed by atoms with E-state index in [1.54, 1.807) is 0 Å². The van der Waals surface area contributed by atoms with Crippen LogP contribution in [-0.4, -0.2) is 88.8 Å². The first-order valence-electron chi connectivity index (χ1n) is 6.62. The topological polar surface area (TPSA) is 26.1 Å². The fraction of sp³-hybridized carbons (Fsp3) is 0.923. The monoisotopic (exact) mass is 255 g/mol. The lowest BCUT2D eigenvalue weighted by molar-refractivity contribution is 0.295. The Morgan fingerprint density at radius 2 is 1.50 bits per heavy atom. The fourth-order valence-electron chi connectivity index (χ4n) is 1.62. The van der Waals surface area contributed by atoms with Crippen LogP contribution in [0.15, 0.2) is 0 Å².